The van der Waals surface area contributed by atoms with Crippen molar-refractivity contribution in [2.24, 2.45) is 17.6 Å². The lowest BCUT2D eigenvalue weighted by molar-refractivity contribution is -0.161. The third-order valence-electron chi connectivity index (χ3n) is 4.16. The number of carbonyl (C=O) groups excluding carboxylic acids is 4. The number of nitrogens with zero attached hydrogens (tertiary/aromatic N) is 1. The van der Waals surface area contributed by atoms with E-state index in [4.69, 9.17) is 10.5 Å². The lowest BCUT2D eigenvalue weighted by Gasteiger charge is -2.22. The number of hydrogen-bond acceptors (Lipinski definition) is 5. The molecule has 0 saturated carbocycles. The second kappa shape index (κ2) is 7.99. The molecule has 140 valence electrons. The van der Waals surface area contributed by atoms with Gasteiger partial charge in [-0.2, -0.15) is 0 Å². The number of nitrogens with two attached hydrogens (primary N) is 1. The van der Waals surface area contributed by atoms with Crippen LogP contribution >= 0.6 is 0 Å². The molecule has 0 unspecified atom stereocenters. The Morgan fingerprint density at radius 3 is 2.38 bits per heavy atom. The molecule has 4 amide bonds. The molecule has 0 aromatic heterocycles. The fourth-order valence-corrected chi connectivity index (χ4v) is 2.75. The first-order chi connectivity index (χ1) is 12.2. The molecule has 1 aliphatic heterocycles. The van der Waals surface area contributed by atoms with Gasteiger partial charge in [0.2, 0.25) is 5.91 Å². The highest BCUT2D eigenvalue weighted by Crippen LogP contribution is 2.26. The van der Waals surface area contributed by atoms with E-state index >= 15 is 0 Å². The number of urea groups is 1. The summed E-state index contributed by atoms with van der Waals surface area (Å²) in [5.41, 5.74) is 6.71. The number of imide groups is 1. The van der Waals surface area contributed by atoms with E-state index in [1.165, 1.54) is 4.90 Å². The van der Waals surface area contributed by atoms with Crippen LogP contribution in [0.2, 0.25) is 0 Å². The molecule has 1 aromatic rings. The highest BCUT2D eigenvalue weighted by atomic mass is 16.5. The van der Waals surface area contributed by atoms with Gasteiger partial charge in [-0.25, -0.2) is 4.79 Å². The van der Waals surface area contributed by atoms with Crippen molar-refractivity contribution in [1.82, 2.24) is 5.32 Å². The van der Waals surface area contributed by atoms with Crippen LogP contribution < -0.4 is 16.0 Å². The summed E-state index contributed by atoms with van der Waals surface area (Å²) < 4.78 is 5.27. The lowest BCUT2D eigenvalue weighted by atomic mass is 10.1. The number of rotatable bonds is 5. The largest absolute Gasteiger partial charge is 0.452 e. The standard InChI is InChI=1S/C18H23N3O5/c1-10(2)15(16(23)20-18(19)25)26-17(24)12-8-14(22)21(9-12)13-6-4-11(3)5-7-13/h4-7,10,12,15H,8-9H2,1-3H3,(H3,19,20,23,25)/t12-,15-/m1/s1. The average molecular weight is 361 g/mol. The molecular formula is C18H23N3O5. The molecule has 1 saturated heterocycles. The van der Waals surface area contributed by atoms with Crippen molar-refractivity contribution in [3.05, 3.63) is 29.8 Å². The molecule has 0 aliphatic carbocycles. The number of amides is 4. The van der Waals surface area contributed by atoms with Crippen LogP contribution in [0.3, 0.4) is 0 Å². The van der Waals surface area contributed by atoms with Gasteiger partial charge in [0.25, 0.3) is 5.91 Å². The second-order valence-electron chi connectivity index (χ2n) is 6.70. The van der Waals surface area contributed by atoms with E-state index in [1.54, 1.807) is 13.8 Å². The van der Waals surface area contributed by atoms with Crippen molar-refractivity contribution in [1.29, 1.82) is 0 Å². The van der Waals surface area contributed by atoms with Gasteiger partial charge in [0.15, 0.2) is 6.10 Å². The van der Waals surface area contributed by atoms with Crippen molar-refractivity contribution in [2.75, 3.05) is 11.4 Å². The predicted molar refractivity (Wildman–Crippen MR) is 94.1 cm³/mol. The first-order valence-electron chi connectivity index (χ1n) is 8.37. The van der Waals surface area contributed by atoms with Crippen molar-refractivity contribution < 1.29 is 23.9 Å². The maximum atomic E-state index is 12.4. The number of esters is 1. The van der Waals surface area contributed by atoms with E-state index in [9.17, 15) is 19.2 Å². The molecule has 1 heterocycles. The second-order valence-corrected chi connectivity index (χ2v) is 6.70. The van der Waals surface area contributed by atoms with Crippen molar-refractivity contribution in [3.8, 4) is 0 Å². The summed E-state index contributed by atoms with van der Waals surface area (Å²) in [7, 11) is 0. The molecule has 1 aromatic carbocycles. The van der Waals surface area contributed by atoms with E-state index in [-0.39, 0.29) is 24.8 Å². The number of primary amides is 1. The van der Waals surface area contributed by atoms with Gasteiger partial charge in [0, 0.05) is 18.7 Å². The Morgan fingerprint density at radius 2 is 1.85 bits per heavy atom. The van der Waals surface area contributed by atoms with Gasteiger partial charge in [-0.3, -0.25) is 19.7 Å². The third kappa shape index (κ3) is 4.59. The lowest BCUT2D eigenvalue weighted by Crippen LogP contribution is -2.46. The number of carbonyl (C=O) groups is 4. The summed E-state index contributed by atoms with van der Waals surface area (Å²) in [5, 5.41) is 1.91. The Bertz CT molecular complexity index is 714. The summed E-state index contributed by atoms with van der Waals surface area (Å²) in [6, 6.07) is 6.39. The molecular weight excluding hydrogens is 338 g/mol. The quantitative estimate of drug-likeness (QED) is 0.762. The molecule has 0 spiro atoms. The molecule has 0 radical (unpaired) electrons. The van der Waals surface area contributed by atoms with Crippen molar-refractivity contribution in [2.45, 2.75) is 33.3 Å². The van der Waals surface area contributed by atoms with Crippen LogP contribution in [0.5, 0.6) is 0 Å². The molecule has 3 N–H and O–H groups in total. The average Bonchev–Trinajstić information content (AvgIpc) is 2.94. The van der Waals surface area contributed by atoms with E-state index in [2.05, 4.69) is 0 Å². The Morgan fingerprint density at radius 1 is 1.23 bits per heavy atom. The zero-order valence-corrected chi connectivity index (χ0v) is 15.0. The maximum absolute atomic E-state index is 12.4. The Kier molecular flexibility index (Phi) is 5.97. The van der Waals surface area contributed by atoms with Gasteiger partial charge in [-0.05, 0) is 25.0 Å². The van der Waals surface area contributed by atoms with Gasteiger partial charge < -0.3 is 15.4 Å². The first kappa shape index (κ1) is 19.4. The van der Waals surface area contributed by atoms with Crippen molar-refractivity contribution >= 4 is 29.5 Å². The Labute approximate surface area is 151 Å². The summed E-state index contributed by atoms with van der Waals surface area (Å²) in [6.07, 6.45) is -1.15. The predicted octanol–water partition coefficient (Wildman–Crippen LogP) is 1.11. The highest BCUT2D eigenvalue weighted by molar-refractivity contribution is 6.00. The van der Waals surface area contributed by atoms with Crippen LogP contribution in [0.15, 0.2) is 24.3 Å². The number of aryl methyl sites for hydroxylation is 1. The van der Waals surface area contributed by atoms with Gasteiger partial charge in [0.1, 0.15) is 0 Å². The zero-order valence-electron chi connectivity index (χ0n) is 15.0. The monoisotopic (exact) mass is 361 g/mol. The van der Waals surface area contributed by atoms with E-state index in [0.717, 1.165) is 5.56 Å². The molecule has 2 atom stereocenters. The minimum Gasteiger partial charge on any atom is -0.452 e. The number of hydrogen-bond donors (Lipinski definition) is 2. The molecule has 8 nitrogen and oxygen atoms in total. The normalized spacial score (nSPS) is 17.9. The van der Waals surface area contributed by atoms with Gasteiger partial charge >= 0.3 is 12.0 Å². The number of benzene rings is 1. The van der Waals surface area contributed by atoms with Gasteiger partial charge in [-0.1, -0.05) is 31.5 Å². The molecule has 2 rings (SSSR count). The molecule has 1 aliphatic rings. The Hall–Kier alpha value is -2.90. The van der Waals surface area contributed by atoms with E-state index < -0.39 is 29.9 Å². The number of nitrogens with one attached hydrogen (secondary N) is 1. The molecule has 8 heteroatoms. The first-order valence-corrected chi connectivity index (χ1v) is 8.37. The van der Waals surface area contributed by atoms with Crippen LogP contribution in [-0.4, -0.2) is 36.5 Å². The zero-order chi connectivity index (χ0) is 19.4. The topological polar surface area (TPSA) is 119 Å². The molecule has 0 bridgehead atoms. The summed E-state index contributed by atoms with van der Waals surface area (Å²) >= 11 is 0. The summed E-state index contributed by atoms with van der Waals surface area (Å²) in [6.45, 7) is 5.48. The van der Waals surface area contributed by atoms with E-state index in [0.29, 0.717) is 5.69 Å². The van der Waals surface area contributed by atoms with Gasteiger partial charge in [-0.15, -0.1) is 0 Å². The Balaban J connectivity index is 2.05. The summed E-state index contributed by atoms with van der Waals surface area (Å²) in [5.74, 6) is -2.64. The van der Waals surface area contributed by atoms with Crippen LogP contribution in [-0.2, 0) is 19.1 Å². The number of ether oxygens (including phenoxy) is 1. The minimum atomic E-state index is -1.15. The molecule has 1 fully saturated rings. The van der Waals surface area contributed by atoms with Gasteiger partial charge in [0.05, 0.1) is 5.92 Å². The smallest absolute Gasteiger partial charge is 0.318 e. The van der Waals surface area contributed by atoms with Crippen molar-refractivity contribution in [3.63, 3.8) is 0 Å². The highest BCUT2D eigenvalue weighted by Gasteiger charge is 2.38. The van der Waals surface area contributed by atoms with Crippen LogP contribution in [0, 0.1) is 18.8 Å². The van der Waals surface area contributed by atoms with Crippen LogP contribution in [0.1, 0.15) is 25.8 Å². The maximum Gasteiger partial charge on any atom is 0.318 e. The fraction of sp³-hybridized carbons (Fsp3) is 0.444. The summed E-state index contributed by atoms with van der Waals surface area (Å²) in [4.78, 5) is 49.0. The van der Waals surface area contributed by atoms with Crippen LogP contribution in [0.25, 0.3) is 0 Å². The number of anilines is 1. The fourth-order valence-electron chi connectivity index (χ4n) is 2.75. The SMILES string of the molecule is Cc1ccc(N2C[C@H](C(=O)O[C@@H](C(=O)NC(N)=O)C(C)C)CC2=O)cc1. The molecule has 26 heavy (non-hydrogen) atoms. The third-order valence-corrected chi connectivity index (χ3v) is 4.16. The van der Waals surface area contributed by atoms with E-state index in [1.807, 2.05) is 36.5 Å². The van der Waals surface area contributed by atoms with Crippen LogP contribution in [0.4, 0.5) is 10.5 Å². The minimum absolute atomic E-state index is 0.00889.